The summed E-state index contributed by atoms with van der Waals surface area (Å²) in [7, 11) is 1.59. The van der Waals surface area contributed by atoms with Crippen molar-refractivity contribution in [2.24, 2.45) is 0 Å². The van der Waals surface area contributed by atoms with Crippen molar-refractivity contribution in [3.63, 3.8) is 0 Å². The van der Waals surface area contributed by atoms with Crippen molar-refractivity contribution in [2.45, 2.75) is 6.54 Å². The highest BCUT2D eigenvalue weighted by molar-refractivity contribution is 7.18. The molecular weight excluding hydrogens is 294 g/mol. The third-order valence-electron chi connectivity index (χ3n) is 2.99. The van der Waals surface area contributed by atoms with E-state index in [1.54, 1.807) is 7.11 Å². The molecule has 0 amide bonds. The maximum Gasteiger partial charge on any atom is 0.145 e. The van der Waals surface area contributed by atoms with Crippen molar-refractivity contribution < 1.29 is 13.5 Å². The molecule has 21 heavy (non-hydrogen) atoms. The fourth-order valence-corrected chi connectivity index (χ4v) is 2.93. The molecule has 3 aromatic rings. The molecule has 0 bridgehead atoms. The van der Waals surface area contributed by atoms with Gasteiger partial charge in [0.2, 0.25) is 0 Å². The van der Waals surface area contributed by atoms with E-state index >= 15 is 0 Å². The number of nitrogens with one attached hydrogen (secondary N) is 1. The monoisotopic (exact) mass is 306 g/mol. The summed E-state index contributed by atoms with van der Waals surface area (Å²) in [5.41, 5.74) is 1.17. The number of halogens is 2. The Hall–Kier alpha value is -2.21. The zero-order valence-corrected chi connectivity index (χ0v) is 12.0. The molecule has 0 spiro atoms. The minimum atomic E-state index is -0.616. The molecule has 6 heteroatoms. The molecule has 0 saturated heterocycles. The molecule has 3 rings (SSSR count). The van der Waals surface area contributed by atoms with Crippen molar-refractivity contribution >= 4 is 27.2 Å². The van der Waals surface area contributed by atoms with Gasteiger partial charge in [-0.3, -0.25) is 0 Å². The minimum absolute atomic E-state index is 0.342. The van der Waals surface area contributed by atoms with E-state index in [2.05, 4.69) is 10.3 Å². The highest BCUT2D eigenvalue weighted by Crippen LogP contribution is 2.28. The lowest BCUT2D eigenvalue weighted by Crippen LogP contribution is -2.00. The van der Waals surface area contributed by atoms with Crippen LogP contribution in [0.2, 0.25) is 0 Å². The van der Waals surface area contributed by atoms with Gasteiger partial charge in [-0.25, -0.2) is 13.8 Å². The lowest BCUT2D eigenvalue weighted by molar-refractivity contribution is 0.416. The number of para-hydroxylation sites is 2. The molecule has 0 aliphatic heterocycles. The smallest absolute Gasteiger partial charge is 0.145 e. The summed E-state index contributed by atoms with van der Waals surface area (Å²) in [5.74, 6) is -0.476. The van der Waals surface area contributed by atoms with Crippen molar-refractivity contribution in [1.29, 1.82) is 0 Å². The largest absolute Gasteiger partial charge is 0.495 e. The highest BCUT2D eigenvalue weighted by atomic mass is 32.1. The number of hydrogen-bond donors (Lipinski definition) is 1. The molecule has 0 radical (unpaired) electrons. The number of fused-ring (bicyclic) bond motifs is 1. The van der Waals surface area contributed by atoms with Crippen LogP contribution >= 0.6 is 11.3 Å². The van der Waals surface area contributed by atoms with Gasteiger partial charge in [-0.05, 0) is 12.1 Å². The normalized spacial score (nSPS) is 10.8. The summed E-state index contributed by atoms with van der Waals surface area (Å²) in [6.07, 6.45) is 0. The number of benzene rings is 2. The molecule has 0 unspecified atom stereocenters. The standard InChI is InChI=1S/C15H12F2N2OS/c1-20-13-5-3-2-4-11(13)18-8-14-19-12-7-9(16)6-10(17)15(12)21-14/h2-7,18H,8H2,1H3. The number of hydrogen-bond acceptors (Lipinski definition) is 4. The molecule has 1 aromatic heterocycles. The zero-order valence-electron chi connectivity index (χ0n) is 11.2. The first kappa shape index (κ1) is 13.8. The van der Waals surface area contributed by atoms with Gasteiger partial charge in [-0.15, -0.1) is 11.3 Å². The molecular formula is C15H12F2N2OS. The average molecular weight is 306 g/mol. The third-order valence-corrected chi connectivity index (χ3v) is 4.07. The van der Waals surface area contributed by atoms with Crippen molar-refractivity contribution in [3.05, 3.63) is 53.0 Å². The average Bonchev–Trinajstić information content (AvgIpc) is 2.88. The van der Waals surface area contributed by atoms with E-state index in [-0.39, 0.29) is 0 Å². The van der Waals surface area contributed by atoms with E-state index in [9.17, 15) is 8.78 Å². The molecule has 0 atom stereocenters. The molecule has 3 nitrogen and oxygen atoms in total. The second kappa shape index (κ2) is 5.65. The fourth-order valence-electron chi connectivity index (χ4n) is 2.04. The second-order valence-electron chi connectivity index (χ2n) is 4.40. The molecule has 0 aliphatic rings. The Morgan fingerprint density at radius 2 is 2.05 bits per heavy atom. The zero-order chi connectivity index (χ0) is 14.8. The van der Waals surface area contributed by atoms with Crippen LogP contribution in [0.4, 0.5) is 14.5 Å². The summed E-state index contributed by atoms with van der Waals surface area (Å²) in [5, 5.41) is 3.86. The molecule has 1 heterocycles. The van der Waals surface area contributed by atoms with Crippen molar-refractivity contribution in [1.82, 2.24) is 4.98 Å². The van der Waals surface area contributed by atoms with E-state index in [0.29, 0.717) is 21.8 Å². The highest BCUT2D eigenvalue weighted by Gasteiger charge is 2.11. The summed E-state index contributed by atoms with van der Waals surface area (Å²) in [6, 6.07) is 9.60. The van der Waals surface area contributed by atoms with Gasteiger partial charge in [-0.2, -0.15) is 0 Å². The van der Waals surface area contributed by atoms with Crippen LogP contribution in [-0.2, 0) is 6.54 Å². The van der Waals surface area contributed by atoms with E-state index in [1.165, 1.54) is 17.4 Å². The third kappa shape index (κ3) is 2.80. The molecule has 0 fully saturated rings. The Morgan fingerprint density at radius 1 is 1.24 bits per heavy atom. The van der Waals surface area contributed by atoms with Crippen LogP contribution in [0.3, 0.4) is 0 Å². The van der Waals surface area contributed by atoms with Gasteiger partial charge in [0.1, 0.15) is 22.4 Å². The van der Waals surface area contributed by atoms with Crippen LogP contribution in [0.5, 0.6) is 5.75 Å². The van der Waals surface area contributed by atoms with Gasteiger partial charge in [0.05, 0.1) is 29.6 Å². The Bertz CT molecular complexity index is 788. The number of nitrogens with zero attached hydrogens (tertiary/aromatic N) is 1. The summed E-state index contributed by atoms with van der Waals surface area (Å²) in [4.78, 5) is 4.24. The number of aromatic nitrogens is 1. The van der Waals surface area contributed by atoms with Gasteiger partial charge in [-0.1, -0.05) is 12.1 Å². The maximum absolute atomic E-state index is 13.6. The summed E-state index contributed by atoms with van der Waals surface area (Å²) >= 11 is 1.21. The van der Waals surface area contributed by atoms with Gasteiger partial charge in [0.25, 0.3) is 0 Å². The van der Waals surface area contributed by atoms with Gasteiger partial charge >= 0.3 is 0 Å². The Balaban J connectivity index is 1.84. The van der Waals surface area contributed by atoms with E-state index in [4.69, 9.17) is 4.74 Å². The lowest BCUT2D eigenvalue weighted by Gasteiger charge is -2.09. The quantitative estimate of drug-likeness (QED) is 0.784. The molecule has 108 valence electrons. The summed E-state index contributed by atoms with van der Waals surface area (Å²) < 4.78 is 32.4. The van der Waals surface area contributed by atoms with Crippen LogP contribution < -0.4 is 10.1 Å². The van der Waals surface area contributed by atoms with Crippen molar-refractivity contribution in [2.75, 3.05) is 12.4 Å². The van der Waals surface area contributed by atoms with Crippen LogP contribution in [0.1, 0.15) is 5.01 Å². The Labute approximate surface area is 124 Å². The first-order chi connectivity index (χ1) is 10.2. The maximum atomic E-state index is 13.6. The van der Waals surface area contributed by atoms with Crippen LogP contribution in [0.15, 0.2) is 36.4 Å². The number of rotatable bonds is 4. The topological polar surface area (TPSA) is 34.1 Å². The fraction of sp³-hybridized carbons (Fsp3) is 0.133. The number of thiazole rings is 1. The molecule has 2 aromatic carbocycles. The summed E-state index contributed by atoms with van der Waals surface area (Å²) in [6.45, 7) is 0.417. The van der Waals surface area contributed by atoms with Crippen molar-refractivity contribution in [3.8, 4) is 5.75 Å². The minimum Gasteiger partial charge on any atom is -0.495 e. The van der Waals surface area contributed by atoms with Crippen LogP contribution in [0.25, 0.3) is 10.2 Å². The first-order valence-corrected chi connectivity index (χ1v) is 7.10. The van der Waals surface area contributed by atoms with Gasteiger partial charge in [0, 0.05) is 12.1 Å². The number of methoxy groups -OCH3 is 1. The van der Waals surface area contributed by atoms with E-state index < -0.39 is 11.6 Å². The number of ether oxygens (including phenoxy) is 1. The van der Waals surface area contributed by atoms with E-state index in [0.717, 1.165) is 17.5 Å². The molecule has 0 aliphatic carbocycles. The van der Waals surface area contributed by atoms with Gasteiger partial charge in [0.15, 0.2) is 0 Å². The van der Waals surface area contributed by atoms with Crippen LogP contribution in [-0.4, -0.2) is 12.1 Å². The lowest BCUT2D eigenvalue weighted by atomic mass is 10.3. The molecule has 0 saturated carbocycles. The predicted octanol–water partition coefficient (Wildman–Crippen LogP) is 4.20. The van der Waals surface area contributed by atoms with E-state index in [1.807, 2.05) is 24.3 Å². The predicted molar refractivity (Wildman–Crippen MR) is 79.9 cm³/mol. The Morgan fingerprint density at radius 3 is 2.86 bits per heavy atom. The molecule has 1 N–H and O–H groups in total. The second-order valence-corrected chi connectivity index (χ2v) is 5.48. The first-order valence-electron chi connectivity index (χ1n) is 6.28. The SMILES string of the molecule is COc1ccccc1NCc1nc2cc(F)cc(F)c2s1. The number of anilines is 1. The Kier molecular flexibility index (Phi) is 3.70. The van der Waals surface area contributed by atoms with Crippen LogP contribution in [0, 0.1) is 11.6 Å². The van der Waals surface area contributed by atoms with Gasteiger partial charge < -0.3 is 10.1 Å².